The van der Waals surface area contributed by atoms with Gasteiger partial charge in [0.15, 0.2) is 11.6 Å². The van der Waals surface area contributed by atoms with E-state index in [1.54, 1.807) is 12.3 Å². The van der Waals surface area contributed by atoms with Gasteiger partial charge in [-0.25, -0.2) is 9.37 Å². The lowest BCUT2D eigenvalue weighted by molar-refractivity contribution is 0.276. The second-order valence-electron chi connectivity index (χ2n) is 5.07. The first kappa shape index (κ1) is 13.1. The van der Waals surface area contributed by atoms with E-state index >= 15 is 0 Å². The van der Waals surface area contributed by atoms with E-state index in [0.29, 0.717) is 24.9 Å². The number of imidazole rings is 1. The van der Waals surface area contributed by atoms with Gasteiger partial charge in [0.1, 0.15) is 6.61 Å². The minimum absolute atomic E-state index is 0.324. The van der Waals surface area contributed by atoms with Gasteiger partial charge in [0.05, 0.1) is 18.2 Å². The Morgan fingerprint density at radius 1 is 1.45 bits per heavy atom. The van der Waals surface area contributed by atoms with Gasteiger partial charge in [0, 0.05) is 18.2 Å². The van der Waals surface area contributed by atoms with Crippen molar-refractivity contribution in [1.82, 2.24) is 14.9 Å². The van der Waals surface area contributed by atoms with E-state index in [2.05, 4.69) is 14.9 Å². The summed E-state index contributed by atoms with van der Waals surface area (Å²) in [6, 6.07) is 5.54. The summed E-state index contributed by atoms with van der Waals surface area (Å²) in [5.41, 5.74) is 1.82. The van der Waals surface area contributed by atoms with Crippen molar-refractivity contribution in [3.8, 4) is 5.75 Å². The summed E-state index contributed by atoms with van der Waals surface area (Å²) in [4.78, 5) is 4.15. The fraction of sp³-hybridized carbons (Fsp3) is 0.400. The third-order valence-corrected chi connectivity index (χ3v) is 3.47. The van der Waals surface area contributed by atoms with Gasteiger partial charge in [-0.2, -0.15) is 0 Å². The summed E-state index contributed by atoms with van der Waals surface area (Å²) in [6.07, 6.45) is 5.99. The minimum Gasteiger partial charge on any atom is -0.484 e. The van der Waals surface area contributed by atoms with Crippen LogP contribution in [-0.4, -0.2) is 16.6 Å². The first-order valence-electron chi connectivity index (χ1n) is 6.85. The van der Waals surface area contributed by atoms with Crippen molar-refractivity contribution in [2.75, 3.05) is 7.05 Å². The third-order valence-electron chi connectivity index (χ3n) is 3.47. The standard InChI is InChI=1S/C15H18FN3O/c1-17-7-11-3-2-4-14(16)15(11)20-9-13-8-18-10-19(13)12-5-6-12/h2-4,8,10,12,17H,5-7,9H2,1H3. The van der Waals surface area contributed by atoms with Gasteiger partial charge in [-0.05, 0) is 26.0 Å². The highest BCUT2D eigenvalue weighted by Crippen LogP contribution is 2.36. The van der Waals surface area contributed by atoms with Gasteiger partial charge < -0.3 is 14.6 Å². The van der Waals surface area contributed by atoms with Crippen LogP contribution in [0.5, 0.6) is 5.75 Å². The molecule has 0 radical (unpaired) electrons. The Bertz CT molecular complexity index is 593. The fourth-order valence-corrected chi connectivity index (χ4v) is 2.32. The molecule has 0 aliphatic heterocycles. The maximum atomic E-state index is 13.9. The molecular formula is C15H18FN3O. The van der Waals surface area contributed by atoms with Crippen molar-refractivity contribution in [2.45, 2.75) is 32.0 Å². The largest absolute Gasteiger partial charge is 0.484 e. The van der Waals surface area contributed by atoms with E-state index in [0.717, 1.165) is 11.3 Å². The van der Waals surface area contributed by atoms with Crippen molar-refractivity contribution >= 4 is 0 Å². The zero-order valence-electron chi connectivity index (χ0n) is 11.5. The Hall–Kier alpha value is -1.88. The number of para-hydroxylation sites is 1. The van der Waals surface area contributed by atoms with Gasteiger partial charge >= 0.3 is 0 Å². The molecule has 1 aromatic heterocycles. The maximum Gasteiger partial charge on any atom is 0.165 e. The van der Waals surface area contributed by atoms with E-state index in [9.17, 15) is 4.39 Å². The number of hydrogen-bond donors (Lipinski definition) is 1. The van der Waals surface area contributed by atoms with Gasteiger partial charge in [0.2, 0.25) is 0 Å². The molecular weight excluding hydrogens is 257 g/mol. The van der Waals surface area contributed by atoms with Crippen molar-refractivity contribution in [1.29, 1.82) is 0 Å². The SMILES string of the molecule is CNCc1cccc(F)c1OCc1cncn1C1CC1. The van der Waals surface area contributed by atoms with Crippen LogP contribution in [0.15, 0.2) is 30.7 Å². The number of hydrogen-bond acceptors (Lipinski definition) is 3. The maximum absolute atomic E-state index is 13.9. The molecule has 1 aliphatic carbocycles. The average Bonchev–Trinajstić information content (AvgIpc) is 3.18. The molecule has 0 atom stereocenters. The molecule has 1 N–H and O–H groups in total. The van der Waals surface area contributed by atoms with Crippen LogP contribution in [0.4, 0.5) is 4.39 Å². The topological polar surface area (TPSA) is 39.1 Å². The van der Waals surface area contributed by atoms with Crippen molar-refractivity contribution in [3.05, 3.63) is 47.8 Å². The Morgan fingerprint density at radius 2 is 2.30 bits per heavy atom. The van der Waals surface area contributed by atoms with Crippen LogP contribution in [0.3, 0.4) is 0 Å². The highest BCUT2D eigenvalue weighted by molar-refractivity contribution is 5.35. The summed E-state index contributed by atoms with van der Waals surface area (Å²) < 4.78 is 21.7. The number of nitrogens with one attached hydrogen (secondary N) is 1. The van der Waals surface area contributed by atoms with Gasteiger partial charge in [0.25, 0.3) is 0 Å². The lowest BCUT2D eigenvalue weighted by Gasteiger charge is -2.13. The molecule has 0 saturated heterocycles. The third kappa shape index (κ3) is 2.67. The summed E-state index contributed by atoms with van der Waals surface area (Å²) in [5, 5.41) is 3.02. The minimum atomic E-state index is -0.324. The monoisotopic (exact) mass is 275 g/mol. The fourth-order valence-electron chi connectivity index (χ4n) is 2.32. The van der Waals surface area contributed by atoms with E-state index in [-0.39, 0.29) is 5.82 Å². The van der Waals surface area contributed by atoms with Crippen LogP contribution in [0.2, 0.25) is 0 Å². The molecule has 5 heteroatoms. The second kappa shape index (κ2) is 5.63. The number of halogens is 1. The van der Waals surface area contributed by atoms with Crippen LogP contribution >= 0.6 is 0 Å². The molecule has 1 aliphatic rings. The average molecular weight is 275 g/mol. The first-order valence-corrected chi connectivity index (χ1v) is 6.85. The summed E-state index contributed by atoms with van der Waals surface area (Å²) in [7, 11) is 1.83. The molecule has 1 aromatic carbocycles. The molecule has 4 nitrogen and oxygen atoms in total. The normalized spacial score (nSPS) is 14.5. The van der Waals surface area contributed by atoms with Gasteiger partial charge in [-0.15, -0.1) is 0 Å². The molecule has 20 heavy (non-hydrogen) atoms. The zero-order valence-corrected chi connectivity index (χ0v) is 11.5. The number of rotatable bonds is 6. The Kier molecular flexibility index (Phi) is 3.69. The van der Waals surface area contributed by atoms with Crippen LogP contribution in [0.1, 0.15) is 30.1 Å². The second-order valence-corrected chi connectivity index (χ2v) is 5.07. The van der Waals surface area contributed by atoms with E-state index in [4.69, 9.17) is 4.74 Å². The summed E-state index contributed by atoms with van der Waals surface area (Å²) >= 11 is 0. The molecule has 1 heterocycles. The van der Waals surface area contributed by atoms with Crippen molar-refractivity contribution < 1.29 is 9.13 Å². The highest BCUT2D eigenvalue weighted by Gasteiger charge is 2.25. The molecule has 1 fully saturated rings. The predicted octanol–water partition coefficient (Wildman–Crippen LogP) is 2.66. The lowest BCUT2D eigenvalue weighted by Crippen LogP contribution is -2.10. The Balaban J connectivity index is 1.76. The first-order chi connectivity index (χ1) is 9.79. The molecule has 2 aromatic rings. The molecule has 3 rings (SSSR count). The smallest absolute Gasteiger partial charge is 0.165 e. The number of ether oxygens (including phenoxy) is 1. The molecule has 106 valence electrons. The molecule has 0 amide bonds. The molecule has 0 spiro atoms. The van der Waals surface area contributed by atoms with E-state index < -0.39 is 0 Å². The van der Waals surface area contributed by atoms with E-state index in [1.165, 1.54) is 18.9 Å². The Labute approximate surface area is 117 Å². The predicted molar refractivity (Wildman–Crippen MR) is 74.0 cm³/mol. The molecule has 0 unspecified atom stereocenters. The van der Waals surface area contributed by atoms with Crippen LogP contribution < -0.4 is 10.1 Å². The van der Waals surface area contributed by atoms with Gasteiger partial charge in [-0.3, -0.25) is 0 Å². The summed E-state index contributed by atoms with van der Waals surface area (Å²) in [6.45, 7) is 0.920. The van der Waals surface area contributed by atoms with Crippen LogP contribution in [-0.2, 0) is 13.2 Å². The van der Waals surface area contributed by atoms with Crippen LogP contribution in [0, 0.1) is 5.82 Å². The zero-order chi connectivity index (χ0) is 13.9. The number of aromatic nitrogens is 2. The van der Waals surface area contributed by atoms with Gasteiger partial charge in [-0.1, -0.05) is 12.1 Å². The highest BCUT2D eigenvalue weighted by atomic mass is 19.1. The number of nitrogens with zero attached hydrogens (tertiary/aromatic N) is 2. The number of benzene rings is 1. The Morgan fingerprint density at radius 3 is 3.05 bits per heavy atom. The van der Waals surface area contributed by atoms with E-state index in [1.807, 2.05) is 19.4 Å². The van der Waals surface area contributed by atoms with Crippen molar-refractivity contribution in [3.63, 3.8) is 0 Å². The van der Waals surface area contributed by atoms with Crippen LogP contribution in [0.25, 0.3) is 0 Å². The molecule has 1 saturated carbocycles. The quantitative estimate of drug-likeness (QED) is 0.881. The summed E-state index contributed by atoms with van der Waals surface area (Å²) in [5.74, 6) is 0.000587. The van der Waals surface area contributed by atoms with Crippen molar-refractivity contribution in [2.24, 2.45) is 0 Å². The molecule has 0 bridgehead atoms. The lowest BCUT2D eigenvalue weighted by atomic mass is 10.2.